The van der Waals surface area contributed by atoms with Crippen LogP contribution in [0.2, 0.25) is 5.02 Å². The zero-order valence-corrected chi connectivity index (χ0v) is 13.7. The number of benzene rings is 1. The number of aliphatic hydroxyl groups is 1. The summed E-state index contributed by atoms with van der Waals surface area (Å²) in [5, 5.41) is 18.8. The second-order valence-corrected chi connectivity index (χ2v) is 6.15. The molecule has 2 N–H and O–H groups in total. The summed E-state index contributed by atoms with van der Waals surface area (Å²) in [6.45, 7) is 2.84. The van der Waals surface area contributed by atoms with Gasteiger partial charge in [0, 0.05) is 25.8 Å². The van der Waals surface area contributed by atoms with Gasteiger partial charge in [-0.3, -0.25) is 4.79 Å². The van der Waals surface area contributed by atoms with E-state index in [2.05, 4.69) is 0 Å². The van der Waals surface area contributed by atoms with Gasteiger partial charge in [0.1, 0.15) is 11.4 Å². The summed E-state index contributed by atoms with van der Waals surface area (Å²) in [7, 11) is 0. The first-order chi connectivity index (χ1) is 11.3. The van der Waals surface area contributed by atoms with E-state index in [4.69, 9.17) is 16.7 Å². The van der Waals surface area contributed by atoms with Crippen molar-refractivity contribution >= 4 is 34.2 Å². The standard InChI is InChI=1S/C16H16ClFN2O4/c1-2-19-7-10(16(23)24)15(22)9-5-11(18)14(12(17)13(9)19)20-4-3-8(21)6-20/h5,7-8,21H,2-4,6H2,1H3,(H,23,24)/t8-/m0/s1. The first-order valence-corrected chi connectivity index (χ1v) is 7.94. The van der Waals surface area contributed by atoms with E-state index in [9.17, 15) is 19.1 Å². The smallest absolute Gasteiger partial charge is 0.341 e. The van der Waals surface area contributed by atoms with Crippen molar-refractivity contribution in [3.05, 3.63) is 38.9 Å². The summed E-state index contributed by atoms with van der Waals surface area (Å²) in [4.78, 5) is 25.2. The number of carboxylic acid groups (broad SMARTS) is 1. The number of aromatic nitrogens is 1. The molecular formula is C16H16ClFN2O4. The zero-order chi connectivity index (χ0) is 17.6. The summed E-state index contributed by atoms with van der Waals surface area (Å²) >= 11 is 6.39. The van der Waals surface area contributed by atoms with Crippen LogP contribution in [-0.2, 0) is 6.54 Å². The van der Waals surface area contributed by atoms with Gasteiger partial charge in [-0.25, -0.2) is 9.18 Å². The number of pyridine rings is 1. The van der Waals surface area contributed by atoms with E-state index in [1.165, 1.54) is 10.8 Å². The van der Waals surface area contributed by atoms with Crippen LogP contribution in [0.3, 0.4) is 0 Å². The lowest BCUT2D eigenvalue weighted by atomic mass is 10.1. The predicted octanol–water partition coefficient (Wildman–Crippen LogP) is 2.08. The quantitative estimate of drug-likeness (QED) is 0.881. The molecule has 1 fully saturated rings. The number of nitrogens with zero attached hydrogens (tertiary/aromatic N) is 2. The molecule has 0 unspecified atom stereocenters. The fourth-order valence-electron chi connectivity index (χ4n) is 3.11. The molecule has 8 heteroatoms. The molecule has 0 bridgehead atoms. The third-order valence-corrected chi connectivity index (χ3v) is 4.64. The van der Waals surface area contributed by atoms with Crippen molar-refractivity contribution in [2.45, 2.75) is 26.0 Å². The molecule has 0 radical (unpaired) electrons. The highest BCUT2D eigenvalue weighted by Crippen LogP contribution is 2.37. The van der Waals surface area contributed by atoms with Gasteiger partial charge < -0.3 is 19.7 Å². The number of aliphatic hydroxyl groups excluding tert-OH is 1. The normalized spacial score (nSPS) is 17.7. The molecule has 1 aliphatic heterocycles. The van der Waals surface area contributed by atoms with Crippen LogP contribution in [0.1, 0.15) is 23.7 Å². The lowest BCUT2D eigenvalue weighted by Gasteiger charge is -2.22. The fraction of sp³-hybridized carbons (Fsp3) is 0.375. The van der Waals surface area contributed by atoms with Crippen LogP contribution in [-0.4, -0.2) is 39.9 Å². The highest BCUT2D eigenvalue weighted by atomic mass is 35.5. The number of β-amino-alcohol motifs (C(OH)–C–C–N with tert-alkyl or cyclic N) is 1. The summed E-state index contributed by atoms with van der Waals surface area (Å²) in [5.41, 5.74) is -0.766. The Labute approximate surface area is 141 Å². The Hall–Kier alpha value is -2.12. The molecule has 128 valence electrons. The fourth-order valence-corrected chi connectivity index (χ4v) is 3.53. The Bertz CT molecular complexity index is 896. The van der Waals surface area contributed by atoms with E-state index in [0.717, 1.165) is 6.07 Å². The molecular weight excluding hydrogens is 339 g/mol. The Morgan fingerprint density at radius 2 is 2.21 bits per heavy atom. The van der Waals surface area contributed by atoms with Crippen molar-refractivity contribution in [1.82, 2.24) is 4.57 Å². The topological polar surface area (TPSA) is 82.8 Å². The van der Waals surface area contributed by atoms with E-state index in [1.807, 2.05) is 0 Å². The molecule has 0 amide bonds. The number of carboxylic acids is 1. The summed E-state index contributed by atoms with van der Waals surface area (Å²) in [5.74, 6) is -2.07. The lowest BCUT2D eigenvalue weighted by molar-refractivity contribution is 0.0695. The maximum atomic E-state index is 14.6. The summed E-state index contributed by atoms with van der Waals surface area (Å²) < 4.78 is 16.1. The molecule has 1 aromatic carbocycles. The van der Waals surface area contributed by atoms with Gasteiger partial charge in [-0.2, -0.15) is 0 Å². The Morgan fingerprint density at radius 3 is 2.75 bits per heavy atom. The summed E-state index contributed by atoms with van der Waals surface area (Å²) in [6.07, 6.45) is 1.17. The molecule has 1 atom stereocenters. The van der Waals surface area contributed by atoms with Gasteiger partial charge in [0.15, 0.2) is 0 Å². The van der Waals surface area contributed by atoms with Crippen molar-refractivity contribution in [2.24, 2.45) is 0 Å². The monoisotopic (exact) mass is 354 g/mol. The van der Waals surface area contributed by atoms with Gasteiger partial charge in [0.2, 0.25) is 5.43 Å². The van der Waals surface area contributed by atoms with Crippen molar-refractivity contribution in [3.63, 3.8) is 0 Å². The molecule has 0 saturated carbocycles. The van der Waals surface area contributed by atoms with E-state index in [1.54, 1.807) is 11.8 Å². The number of halogens is 2. The number of rotatable bonds is 3. The minimum absolute atomic E-state index is 0.0509. The van der Waals surface area contributed by atoms with Gasteiger partial charge in [-0.15, -0.1) is 0 Å². The summed E-state index contributed by atoms with van der Waals surface area (Å²) in [6, 6.07) is 1.03. The van der Waals surface area contributed by atoms with Crippen molar-refractivity contribution in [1.29, 1.82) is 0 Å². The van der Waals surface area contributed by atoms with Gasteiger partial charge in [0.25, 0.3) is 0 Å². The van der Waals surface area contributed by atoms with Crippen molar-refractivity contribution < 1.29 is 19.4 Å². The largest absolute Gasteiger partial charge is 0.477 e. The molecule has 6 nitrogen and oxygen atoms in total. The molecule has 1 aromatic heterocycles. The van der Waals surface area contributed by atoms with Crippen LogP contribution in [0.5, 0.6) is 0 Å². The van der Waals surface area contributed by atoms with Crippen LogP contribution in [0.25, 0.3) is 10.9 Å². The molecule has 3 rings (SSSR count). The maximum absolute atomic E-state index is 14.6. The number of anilines is 1. The molecule has 2 heterocycles. The highest BCUT2D eigenvalue weighted by molar-refractivity contribution is 6.38. The average molecular weight is 355 g/mol. The second kappa shape index (κ2) is 6.07. The number of fused-ring (bicyclic) bond motifs is 1. The third kappa shape index (κ3) is 2.53. The highest BCUT2D eigenvalue weighted by Gasteiger charge is 2.28. The van der Waals surface area contributed by atoms with Crippen LogP contribution in [0.4, 0.5) is 10.1 Å². The molecule has 1 saturated heterocycles. The van der Waals surface area contributed by atoms with Crippen molar-refractivity contribution in [3.8, 4) is 0 Å². The number of hydrogen-bond donors (Lipinski definition) is 2. The van der Waals surface area contributed by atoms with Gasteiger partial charge in [-0.05, 0) is 19.4 Å². The average Bonchev–Trinajstić information content (AvgIpc) is 2.94. The van der Waals surface area contributed by atoms with E-state index in [-0.39, 0.29) is 22.6 Å². The van der Waals surface area contributed by atoms with Gasteiger partial charge in [0.05, 0.1) is 27.7 Å². The maximum Gasteiger partial charge on any atom is 0.341 e. The minimum atomic E-state index is -1.37. The zero-order valence-electron chi connectivity index (χ0n) is 12.9. The Morgan fingerprint density at radius 1 is 1.50 bits per heavy atom. The minimum Gasteiger partial charge on any atom is -0.477 e. The van der Waals surface area contributed by atoms with E-state index < -0.39 is 28.9 Å². The first kappa shape index (κ1) is 16.7. The Kier molecular flexibility index (Phi) is 4.23. The van der Waals surface area contributed by atoms with Gasteiger partial charge in [-0.1, -0.05) is 11.6 Å². The van der Waals surface area contributed by atoms with Crippen molar-refractivity contribution in [2.75, 3.05) is 18.0 Å². The predicted molar refractivity (Wildman–Crippen MR) is 88.6 cm³/mol. The number of aryl methyl sites for hydroxylation is 1. The number of hydrogen-bond acceptors (Lipinski definition) is 4. The van der Waals surface area contributed by atoms with Gasteiger partial charge >= 0.3 is 5.97 Å². The lowest BCUT2D eigenvalue weighted by Crippen LogP contribution is -2.24. The van der Waals surface area contributed by atoms with Crippen LogP contribution < -0.4 is 10.3 Å². The van der Waals surface area contributed by atoms with E-state index in [0.29, 0.717) is 25.0 Å². The first-order valence-electron chi connectivity index (χ1n) is 7.56. The second-order valence-electron chi connectivity index (χ2n) is 5.77. The molecule has 0 aliphatic carbocycles. The van der Waals surface area contributed by atoms with Crippen LogP contribution in [0.15, 0.2) is 17.1 Å². The molecule has 24 heavy (non-hydrogen) atoms. The third-order valence-electron chi connectivity index (χ3n) is 4.28. The Balaban J connectivity index is 2.34. The number of aromatic carboxylic acids is 1. The van der Waals surface area contributed by atoms with E-state index >= 15 is 0 Å². The molecule has 0 spiro atoms. The number of carbonyl (C=O) groups is 1. The van der Waals surface area contributed by atoms with Crippen LogP contribution >= 0.6 is 11.6 Å². The SMILES string of the molecule is CCn1cc(C(=O)O)c(=O)c2cc(F)c(N3CC[C@H](O)C3)c(Cl)c21. The molecule has 2 aromatic rings. The molecule has 1 aliphatic rings. The van der Waals surface area contributed by atoms with Crippen LogP contribution in [0, 0.1) is 5.82 Å².